The van der Waals surface area contributed by atoms with Crippen molar-refractivity contribution in [2.75, 3.05) is 13.7 Å². The second kappa shape index (κ2) is 10.7. The van der Waals surface area contributed by atoms with Crippen LogP contribution in [0.1, 0.15) is 55.4 Å². The maximum Gasteiger partial charge on any atom is 0.335 e. The Hall–Kier alpha value is 0.574. The first kappa shape index (κ1) is 28.8. The lowest BCUT2D eigenvalue weighted by molar-refractivity contribution is -0.131. The second-order valence-corrected chi connectivity index (χ2v) is 20.9. The normalized spacial score (nSPS) is 30.5. The molecular weight excluding hydrogens is 513 g/mol. The van der Waals surface area contributed by atoms with Gasteiger partial charge in [-0.15, -0.1) is 0 Å². The molecule has 0 aromatic rings. The van der Waals surface area contributed by atoms with E-state index in [0.717, 1.165) is 0 Å². The maximum atomic E-state index is 7.97. The van der Waals surface area contributed by atoms with Gasteiger partial charge in [-0.3, -0.25) is 5.41 Å². The highest BCUT2D eigenvalue weighted by Crippen LogP contribution is 2.48. The molecule has 2 rings (SSSR count). The zero-order valence-electron chi connectivity index (χ0n) is 20.4. The van der Waals surface area contributed by atoms with E-state index < -0.39 is 51.4 Å². The lowest BCUT2D eigenvalue weighted by atomic mass is 10.1. The molecule has 0 bridgehead atoms. The van der Waals surface area contributed by atoms with Gasteiger partial charge < -0.3 is 27.2 Å². The van der Waals surface area contributed by atoms with Gasteiger partial charge in [-0.1, -0.05) is 90.2 Å². The molecule has 7 nitrogen and oxygen atoms in total. The van der Waals surface area contributed by atoms with Gasteiger partial charge in [-0.25, -0.2) is 0 Å². The van der Waals surface area contributed by atoms with Crippen molar-refractivity contribution in [3.8, 4) is 0 Å². The van der Waals surface area contributed by atoms with Crippen LogP contribution < -0.4 is 0 Å². The molecule has 0 amide bonds. The molecule has 0 saturated carbocycles. The van der Waals surface area contributed by atoms with E-state index in [4.69, 9.17) is 67.4 Å². The summed E-state index contributed by atoms with van der Waals surface area (Å²) in [5.41, 5.74) is 0.754. The third kappa shape index (κ3) is 5.52. The average Bonchev–Trinajstić information content (AvgIpc) is 2.95. The number of nitrogens with one attached hydrogen (secondary N) is 1. The van der Waals surface area contributed by atoms with Crippen molar-refractivity contribution in [2.24, 2.45) is 0 Å². The Labute approximate surface area is 209 Å². The highest BCUT2D eigenvalue weighted by atomic mass is 35.6. The van der Waals surface area contributed by atoms with Crippen molar-refractivity contribution >= 4 is 57.8 Å². The highest BCUT2D eigenvalue weighted by Gasteiger charge is 2.62. The maximum absolute atomic E-state index is 7.97. The van der Waals surface area contributed by atoms with Gasteiger partial charge in [-0.05, 0) is 22.2 Å². The van der Waals surface area contributed by atoms with E-state index in [1.54, 1.807) is 7.11 Å². The van der Waals surface area contributed by atoms with Crippen LogP contribution in [0.3, 0.4) is 0 Å². The van der Waals surface area contributed by atoms with Crippen molar-refractivity contribution in [3.63, 3.8) is 0 Å². The fraction of sp³-hybridized carbons (Fsp3) is 0.950. The number of ether oxygens (including phenoxy) is 3. The fourth-order valence-electron chi connectivity index (χ4n) is 4.63. The molecule has 2 fully saturated rings. The summed E-state index contributed by atoms with van der Waals surface area (Å²) in [5, 5.41) is 7.97. The Morgan fingerprint density at radius 1 is 0.938 bits per heavy atom. The fourth-order valence-corrected chi connectivity index (χ4v) is 16.0. The Kier molecular flexibility index (Phi) is 9.61. The third-order valence-corrected chi connectivity index (χ3v) is 17.1. The smallest absolute Gasteiger partial charge is 0.335 e. The number of methoxy groups -OCH3 is 1. The van der Waals surface area contributed by atoms with E-state index in [0.29, 0.717) is 0 Å². The van der Waals surface area contributed by atoms with Crippen molar-refractivity contribution in [1.82, 2.24) is 0 Å². The molecule has 32 heavy (non-hydrogen) atoms. The summed E-state index contributed by atoms with van der Waals surface area (Å²) in [7, 11) is -3.98. The minimum Gasteiger partial charge on any atom is -0.445 e. The topological polar surface area (TPSA) is 79.2 Å². The van der Waals surface area contributed by atoms with Gasteiger partial charge in [0.05, 0.1) is 6.61 Å². The van der Waals surface area contributed by atoms with E-state index in [9.17, 15) is 0 Å². The summed E-state index contributed by atoms with van der Waals surface area (Å²) in [6, 6.07) is 0. The van der Waals surface area contributed by atoms with Crippen molar-refractivity contribution < 1.29 is 27.2 Å². The lowest BCUT2D eigenvalue weighted by Crippen LogP contribution is -2.66. The van der Waals surface area contributed by atoms with Gasteiger partial charge in [0.2, 0.25) is 12.2 Å². The van der Waals surface area contributed by atoms with Crippen LogP contribution in [0, 0.1) is 5.41 Å². The van der Waals surface area contributed by atoms with Crippen LogP contribution in [0.2, 0.25) is 22.2 Å². The molecule has 2 heterocycles. The summed E-state index contributed by atoms with van der Waals surface area (Å²) in [4.78, 5) is 0. The number of alkyl halides is 3. The van der Waals surface area contributed by atoms with Gasteiger partial charge in [0.15, 0.2) is 0 Å². The van der Waals surface area contributed by atoms with Crippen molar-refractivity contribution in [3.05, 3.63) is 0 Å². The minimum absolute atomic E-state index is 0.158. The zero-order chi connectivity index (χ0) is 24.6. The summed E-state index contributed by atoms with van der Waals surface area (Å²) >= 11 is 17.4. The molecule has 12 heteroatoms. The first-order valence-corrected chi connectivity index (χ1v) is 16.2. The predicted molar refractivity (Wildman–Crippen MR) is 132 cm³/mol. The van der Waals surface area contributed by atoms with Gasteiger partial charge in [0.1, 0.15) is 18.3 Å². The monoisotopic (exact) mass is 549 g/mol. The predicted octanol–water partition coefficient (Wildman–Crippen LogP) is 6.05. The van der Waals surface area contributed by atoms with E-state index in [1.165, 1.54) is 0 Å². The minimum atomic E-state index is -2.84. The molecule has 0 aromatic carbocycles. The van der Waals surface area contributed by atoms with Gasteiger partial charge in [0.25, 0.3) is 3.79 Å². The quantitative estimate of drug-likeness (QED) is 0.188. The zero-order valence-corrected chi connectivity index (χ0v) is 24.7. The summed E-state index contributed by atoms with van der Waals surface area (Å²) in [6.45, 7) is 17.5. The first-order valence-electron chi connectivity index (χ1n) is 11.1. The molecule has 2 saturated heterocycles. The number of halogens is 3. The summed E-state index contributed by atoms with van der Waals surface area (Å²) in [6.07, 6.45) is -2.58. The number of hydrogen-bond donors (Lipinski definition) is 1. The van der Waals surface area contributed by atoms with Gasteiger partial charge >= 0.3 is 17.1 Å². The molecule has 4 atom stereocenters. The molecular formula is C20H38Cl3NO6Si2. The molecule has 2 aliphatic heterocycles. The van der Waals surface area contributed by atoms with Crippen LogP contribution in [0.15, 0.2) is 0 Å². The summed E-state index contributed by atoms with van der Waals surface area (Å²) < 4.78 is 36.2. The highest BCUT2D eigenvalue weighted by molar-refractivity contribution is 6.84. The molecule has 188 valence electrons. The molecule has 0 aromatic heterocycles. The standard InChI is InChI=1S/C20H38Cl3NO6Si2/c1-11(2)31(12(3)4)26-10-15-16(29-32(30-31,13(5)6)14(7)8)17(25-9)18(27-15)28-19(24)20(21,22)23/h11-18,24H,10H2,1-9H3/t15-,16-,17-,18+/m1/s1. The summed E-state index contributed by atoms with van der Waals surface area (Å²) in [5.74, 6) is -0.537. The lowest BCUT2D eigenvalue weighted by Gasteiger charge is -2.51. The van der Waals surface area contributed by atoms with E-state index in [2.05, 4.69) is 55.4 Å². The van der Waals surface area contributed by atoms with E-state index >= 15 is 0 Å². The molecule has 0 radical (unpaired) electrons. The Balaban J connectivity index is 2.51. The SMILES string of the molecule is CO[C@H]1[C@H](OC(=N)C(Cl)(Cl)Cl)O[C@@H]2CO[Si](C(C)C)(C(C)C)O[Si](C(C)C)(C(C)C)O[C@@H]12. The Bertz CT molecular complexity index is 646. The van der Waals surface area contributed by atoms with E-state index in [1.807, 2.05) is 0 Å². The van der Waals surface area contributed by atoms with Gasteiger partial charge in [-0.2, -0.15) is 0 Å². The number of rotatable bonds is 6. The van der Waals surface area contributed by atoms with Crippen molar-refractivity contribution in [2.45, 2.75) is 106 Å². The largest absolute Gasteiger partial charge is 0.445 e. The van der Waals surface area contributed by atoms with Crippen molar-refractivity contribution in [1.29, 1.82) is 5.41 Å². The van der Waals surface area contributed by atoms with Crippen LogP contribution in [-0.2, 0) is 27.2 Å². The molecule has 0 unspecified atom stereocenters. The molecule has 2 aliphatic rings. The van der Waals surface area contributed by atoms with E-state index in [-0.39, 0.29) is 28.8 Å². The van der Waals surface area contributed by atoms with Gasteiger partial charge in [0, 0.05) is 7.11 Å². The average molecular weight is 551 g/mol. The van der Waals surface area contributed by atoms with Crippen LogP contribution in [0.4, 0.5) is 0 Å². The molecule has 0 aliphatic carbocycles. The van der Waals surface area contributed by atoms with Crippen LogP contribution in [0.5, 0.6) is 0 Å². The second-order valence-electron chi connectivity index (χ2n) is 9.75. The van der Waals surface area contributed by atoms with Crippen LogP contribution in [0.25, 0.3) is 0 Å². The van der Waals surface area contributed by atoms with Crippen LogP contribution in [-0.4, -0.2) is 65.1 Å². The Morgan fingerprint density at radius 3 is 1.84 bits per heavy atom. The Morgan fingerprint density at radius 2 is 1.44 bits per heavy atom. The first-order chi connectivity index (χ1) is 14.6. The number of fused-ring (bicyclic) bond motifs is 1. The third-order valence-electron chi connectivity index (χ3n) is 6.36. The van der Waals surface area contributed by atoms with Crippen LogP contribution >= 0.6 is 34.8 Å². The molecule has 0 spiro atoms. The molecule has 1 N–H and O–H groups in total. The number of hydrogen-bond acceptors (Lipinski definition) is 7.